The van der Waals surface area contributed by atoms with Crippen LogP contribution in [0.5, 0.6) is 17.2 Å². The van der Waals surface area contributed by atoms with Gasteiger partial charge in [-0.2, -0.15) is 0 Å². The summed E-state index contributed by atoms with van der Waals surface area (Å²) in [6.45, 7) is 4.44. The molecule has 25 heavy (non-hydrogen) atoms. The molecular formula is C20H25NO4. The Hall–Kier alpha value is -2.69. The molecule has 0 aliphatic rings. The maximum absolute atomic E-state index is 12.3. The molecule has 1 amide bonds. The second-order valence-electron chi connectivity index (χ2n) is 5.66. The maximum atomic E-state index is 12.3. The normalized spacial score (nSPS) is 11.5. The van der Waals surface area contributed by atoms with Crippen molar-refractivity contribution in [2.45, 2.75) is 26.3 Å². The maximum Gasteiger partial charge on any atom is 0.224 e. The van der Waals surface area contributed by atoms with Gasteiger partial charge in [0.05, 0.1) is 33.3 Å². The van der Waals surface area contributed by atoms with Crippen LogP contribution in [0.1, 0.15) is 31.0 Å². The van der Waals surface area contributed by atoms with Crippen LogP contribution in [-0.2, 0) is 11.2 Å². The van der Waals surface area contributed by atoms with Crippen LogP contribution in [0.2, 0.25) is 0 Å². The third-order valence-corrected chi connectivity index (χ3v) is 3.86. The van der Waals surface area contributed by atoms with Crippen LogP contribution in [0.4, 0.5) is 0 Å². The quantitative estimate of drug-likeness (QED) is 0.797. The largest absolute Gasteiger partial charge is 0.497 e. The zero-order chi connectivity index (χ0) is 18.2. The SMILES string of the molecule is CCOc1ccc(C(C)NC(=O)Cc2cccc(OC)c2)cc1OC. The molecule has 1 atom stereocenters. The van der Waals surface area contributed by atoms with Gasteiger partial charge in [0.1, 0.15) is 5.75 Å². The Labute approximate surface area is 148 Å². The fourth-order valence-electron chi connectivity index (χ4n) is 2.57. The molecule has 1 N–H and O–H groups in total. The number of amides is 1. The molecule has 0 aliphatic carbocycles. The third kappa shape index (κ3) is 5.14. The van der Waals surface area contributed by atoms with Crippen molar-refractivity contribution in [1.82, 2.24) is 5.32 Å². The van der Waals surface area contributed by atoms with Crippen molar-refractivity contribution in [3.8, 4) is 17.2 Å². The topological polar surface area (TPSA) is 56.8 Å². The molecule has 0 aliphatic heterocycles. The van der Waals surface area contributed by atoms with Gasteiger partial charge in [0.2, 0.25) is 5.91 Å². The molecule has 5 heteroatoms. The summed E-state index contributed by atoms with van der Waals surface area (Å²) in [7, 11) is 3.22. The lowest BCUT2D eigenvalue weighted by Crippen LogP contribution is -2.28. The van der Waals surface area contributed by atoms with E-state index >= 15 is 0 Å². The molecular weight excluding hydrogens is 318 g/mol. The van der Waals surface area contributed by atoms with Crippen molar-refractivity contribution < 1.29 is 19.0 Å². The summed E-state index contributed by atoms with van der Waals surface area (Å²) >= 11 is 0. The zero-order valence-electron chi connectivity index (χ0n) is 15.2. The summed E-state index contributed by atoms with van der Waals surface area (Å²) in [6.07, 6.45) is 0.301. The Balaban J connectivity index is 2.02. The molecule has 0 saturated heterocycles. The Bertz CT molecular complexity index is 715. The summed E-state index contributed by atoms with van der Waals surface area (Å²) in [4.78, 5) is 12.3. The van der Waals surface area contributed by atoms with E-state index < -0.39 is 0 Å². The highest BCUT2D eigenvalue weighted by molar-refractivity contribution is 5.79. The van der Waals surface area contributed by atoms with Crippen molar-refractivity contribution in [2.75, 3.05) is 20.8 Å². The molecule has 0 heterocycles. The van der Waals surface area contributed by atoms with Gasteiger partial charge in [0.15, 0.2) is 11.5 Å². The summed E-state index contributed by atoms with van der Waals surface area (Å²) < 4.78 is 16.1. The standard InChI is InChI=1S/C20H25NO4/c1-5-25-18-10-9-16(13-19(18)24-4)14(2)21-20(22)12-15-7-6-8-17(11-15)23-3/h6-11,13-14H,5,12H2,1-4H3,(H,21,22). The van der Waals surface area contributed by atoms with Gasteiger partial charge in [-0.25, -0.2) is 0 Å². The Morgan fingerprint density at radius 1 is 1.08 bits per heavy atom. The lowest BCUT2D eigenvalue weighted by Gasteiger charge is -2.17. The number of hydrogen-bond acceptors (Lipinski definition) is 4. The van der Waals surface area contributed by atoms with E-state index in [0.717, 1.165) is 16.9 Å². The number of ether oxygens (including phenoxy) is 3. The van der Waals surface area contributed by atoms with Crippen LogP contribution < -0.4 is 19.5 Å². The highest BCUT2D eigenvalue weighted by Gasteiger charge is 2.13. The predicted octanol–water partition coefficient (Wildman–Crippen LogP) is 3.52. The lowest BCUT2D eigenvalue weighted by molar-refractivity contribution is -0.121. The van der Waals surface area contributed by atoms with Crippen molar-refractivity contribution in [3.63, 3.8) is 0 Å². The second-order valence-corrected chi connectivity index (χ2v) is 5.66. The van der Waals surface area contributed by atoms with Crippen molar-refractivity contribution in [3.05, 3.63) is 53.6 Å². The molecule has 5 nitrogen and oxygen atoms in total. The molecule has 0 spiro atoms. The van der Waals surface area contributed by atoms with Crippen LogP contribution in [0, 0.1) is 0 Å². The van der Waals surface area contributed by atoms with Gasteiger partial charge in [-0.3, -0.25) is 4.79 Å². The molecule has 2 rings (SSSR count). The summed E-state index contributed by atoms with van der Waals surface area (Å²) in [6, 6.07) is 13.1. The number of carbonyl (C=O) groups is 1. The minimum Gasteiger partial charge on any atom is -0.497 e. The van der Waals surface area contributed by atoms with Crippen LogP contribution in [-0.4, -0.2) is 26.7 Å². The number of hydrogen-bond donors (Lipinski definition) is 1. The van der Waals surface area contributed by atoms with Crippen LogP contribution in [0.25, 0.3) is 0 Å². The number of rotatable bonds is 8. The fourth-order valence-corrected chi connectivity index (χ4v) is 2.57. The highest BCUT2D eigenvalue weighted by Crippen LogP contribution is 2.30. The van der Waals surface area contributed by atoms with Crippen molar-refractivity contribution in [2.24, 2.45) is 0 Å². The van der Waals surface area contributed by atoms with E-state index in [1.165, 1.54) is 0 Å². The first-order valence-electron chi connectivity index (χ1n) is 8.30. The molecule has 1 unspecified atom stereocenters. The number of benzene rings is 2. The van der Waals surface area contributed by atoms with Crippen LogP contribution in [0.15, 0.2) is 42.5 Å². The van der Waals surface area contributed by atoms with Gasteiger partial charge in [-0.1, -0.05) is 18.2 Å². The molecule has 134 valence electrons. The molecule has 2 aromatic rings. The Morgan fingerprint density at radius 3 is 2.56 bits per heavy atom. The number of nitrogens with one attached hydrogen (secondary N) is 1. The van der Waals surface area contributed by atoms with E-state index in [1.54, 1.807) is 14.2 Å². The van der Waals surface area contributed by atoms with E-state index in [4.69, 9.17) is 14.2 Å². The predicted molar refractivity (Wildman–Crippen MR) is 97.4 cm³/mol. The average molecular weight is 343 g/mol. The first-order chi connectivity index (χ1) is 12.1. The average Bonchev–Trinajstić information content (AvgIpc) is 2.62. The van der Waals surface area contributed by atoms with E-state index in [1.807, 2.05) is 56.3 Å². The van der Waals surface area contributed by atoms with E-state index in [-0.39, 0.29) is 11.9 Å². The van der Waals surface area contributed by atoms with E-state index in [0.29, 0.717) is 24.5 Å². The number of methoxy groups -OCH3 is 2. The molecule has 0 aromatic heterocycles. The minimum atomic E-state index is -0.136. The van der Waals surface area contributed by atoms with Gasteiger partial charge in [-0.05, 0) is 49.2 Å². The monoisotopic (exact) mass is 343 g/mol. The van der Waals surface area contributed by atoms with Gasteiger partial charge < -0.3 is 19.5 Å². The van der Waals surface area contributed by atoms with Gasteiger partial charge >= 0.3 is 0 Å². The summed E-state index contributed by atoms with van der Waals surface area (Å²) in [5, 5.41) is 3.01. The first kappa shape index (κ1) is 18.6. The third-order valence-electron chi connectivity index (χ3n) is 3.86. The van der Waals surface area contributed by atoms with E-state index in [2.05, 4.69) is 5.32 Å². The van der Waals surface area contributed by atoms with Crippen molar-refractivity contribution >= 4 is 5.91 Å². The smallest absolute Gasteiger partial charge is 0.224 e. The van der Waals surface area contributed by atoms with Crippen molar-refractivity contribution in [1.29, 1.82) is 0 Å². The van der Waals surface area contributed by atoms with Crippen LogP contribution in [0.3, 0.4) is 0 Å². The Kier molecular flexibility index (Phi) is 6.69. The molecule has 2 aromatic carbocycles. The second kappa shape index (κ2) is 8.97. The molecule has 0 radical (unpaired) electrons. The molecule has 0 fully saturated rings. The molecule has 0 bridgehead atoms. The zero-order valence-corrected chi connectivity index (χ0v) is 15.2. The molecule has 0 saturated carbocycles. The van der Waals surface area contributed by atoms with Gasteiger partial charge in [0.25, 0.3) is 0 Å². The highest BCUT2D eigenvalue weighted by atomic mass is 16.5. The van der Waals surface area contributed by atoms with Crippen LogP contribution >= 0.6 is 0 Å². The first-order valence-corrected chi connectivity index (χ1v) is 8.30. The summed E-state index contributed by atoms with van der Waals surface area (Å²) in [5.41, 5.74) is 1.87. The fraction of sp³-hybridized carbons (Fsp3) is 0.350. The van der Waals surface area contributed by atoms with Gasteiger partial charge in [-0.15, -0.1) is 0 Å². The summed E-state index contributed by atoms with van der Waals surface area (Å²) in [5.74, 6) is 2.06. The lowest BCUT2D eigenvalue weighted by atomic mass is 10.1. The Morgan fingerprint density at radius 2 is 1.88 bits per heavy atom. The number of carbonyl (C=O) groups excluding carboxylic acids is 1. The van der Waals surface area contributed by atoms with E-state index in [9.17, 15) is 4.79 Å². The van der Waals surface area contributed by atoms with Gasteiger partial charge in [0, 0.05) is 0 Å². The minimum absolute atomic E-state index is 0.0476.